The van der Waals surface area contributed by atoms with E-state index in [1.165, 1.54) is 24.0 Å². The first-order chi connectivity index (χ1) is 12.8. The molecule has 0 aliphatic carbocycles. The molecule has 1 amide bonds. The Morgan fingerprint density at radius 3 is 2.67 bits per heavy atom. The van der Waals surface area contributed by atoms with Gasteiger partial charge in [0, 0.05) is 26.3 Å². The number of fused-ring (bicyclic) bond motifs is 1. The quantitative estimate of drug-likeness (QED) is 0.651. The third-order valence-electron chi connectivity index (χ3n) is 4.54. The van der Waals surface area contributed by atoms with E-state index >= 15 is 0 Å². The van der Waals surface area contributed by atoms with Crippen LogP contribution in [0.25, 0.3) is 10.2 Å². The van der Waals surface area contributed by atoms with Crippen molar-refractivity contribution in [1.82, 2.24) is 19.7 Å². The summed E-state index contributed by atoms with van der Waals surface area (Å²) >= 11 is 1.53. The van der Waals surface area contributed by atoms with Crippen LogP contribution < -0.4 is 9.64 Å². The van der Waals surface area contributed by atoms with Crippen LogP contribution in [0.1, 0.15) is 21.5 Å². The largest absolute Gasteiger partial charge is 0.479 e. The monoisotopic (exact) mass is 387 g/mol. The number of hydrogen-bond donors (Lipinski definition) is 0. The Bertz CT molecular complexity index is 976. The highest BCUT2D eigenvalue weighted by Crippen LogP contribution is 2.33. The number of methoxy groups -OCH3 is 1. The van der Waals surface area contributed by atoms with Crippen molar-refractivity contribution in [2.45, 2.75) is 13.8 Å². The van der Waals surface area contributed by atoms with Crippen LogP contribution in [0, 0.1) is 13.8 Å². The number of amides is 1. The molecule has 1 aromatic carbocycles. The smallest absolute Gasteiger partial charge is 0.267 e. The molecule has 0 radical (unpaired) electrons. The van der Waals surface area contributed by atoms with E-state index in [9.17, 15) is 4.79 Å². The molecule has 0 N–H and O–H groups in total. The normalized spacial score (nSPS) is 11.4. The van der Waals surface area contributed by atoms with E-state index in [4.69, 9.17) is 9.72 Å². The van der Waals surface area contributed by atoms with Crippen molar-refractivity contribution >= 4 is 32.6 Å². The summed E-state index contributed by atoms with van der Waals surface area (Å²) in [6, 6.07) is 4.16. The van der Waals surface area contributed by atoms with Gasteiger partial charge in [0.15, 0.2) is 5.13 Å². The van der Waals surface area contributed by atoms with E-state index in [2.05, 4.69) is 31.1 Å². The Labute approximate surface area is 163 Å². The van der Waals surface area contributed by atoms with Crippen LogP contribution in [0.2, 0.25) is 0 Å². The van der Waals surface area contributed by atoms with Crippen molar-refractivity contribution in [2.24, 2.45) is 7.05 Å². The predicted octanol–water partition coefficient (Wildman–Crippen LogP) is 2.86. The van der Waals surface area contributed by atoms with E-state index in [1.54, 1.807) is 22.8 Å². The number of thiazole rings is 1. The maximum atomic E-state index is 13.3. The van der Waals surface area contributed by atoms with E-state index in [0.717, 1.165) is 22.3 Å². The van der Waals surface area contributed by atoms with Gasteiger partial charge in [-0.1, -0.05) is 17.4 Å². The second-order valence-corrected chi connectivity index (χ2v) is 7.85. The minimum atomic E-state index is -0.157. The summed E-state index contributed by atoms with van der Waals surface area (Å²) in [5, 5.41) is 4.90. The van der Waals surface area contributed by atoms with Gasteiger partial charge in [-0.3, -0.25) is 14.4 Å². The van der Waals surface area contributed by atoms with Crippen LogP contribution in [0.4, 0.5) is 5.13 Å². The van der Waals surface area contributed by atoms with E-state index in [0.29, 0.717) is 23.1 Å². The number of nitrogens with zero attached hydrogens (tertiary/aromatic N) is 5. The lowest BCUT2D eigenvalue weighted by molar-refractivity contribution is 0.0982. The summed E-state index contributed by atoms with van der Waals surface area (Å²) in [6.45, 7) is 5.39. The number of carbonyl (C=O) groups excluding carboxylic acids is 1. The molecule has 2 heterocycles. The molecule has 8 heteroatoms. The number of aromatic nitrogens is 3. The summed E-state index contributed by atoms with van der Waals surface area (Å²) in [7, 11) is 7.26. The number of benzene rings is 1. The van der Waals surface area contributed by atoms with Crippen LogP contribution in [0.5, 0.6) is 5.88 Å². The molecule has 3 aromatic rings. The van der Waals surface area contributed by atoms with Crippen LogP contribution in [-0.2, 0) is 7.05 Å². The Hall–Kier alpha value is -2.45. The fourth-order valence-corrected chi connectivity index (χ4v) is 3.87. The summed E-state index contributed by atoms with van der Waals surface area (Å²) in [4.78, 5) is 21.9. The van der Waals surface area contributed by atoms with E-state index < -0.39 is 0 Å². The van der Waals surface area contributed by atoms with Crippen LogP contribution in [0.15, 0.2) is 18.3 Å². The van der Waals surface area contributed by atoms with Crippen molar-refractivity contribution in [3.05, 3.63) is 35.0 Å². The number of hydrogen-bond acceptors (Lipinski definition) is 6. The van der Waals surface area contributed by atoms with E-state index in [1.807, 2.05) is 19.0 Å². The topological polar surface area (TPSA) is 63.5 Å². The van der Waals surface area contributed by atoms with Gasteiger partial charge in [-0.05, 0) is 45.1 Å². The molecule has 0 aliphatic heterocycles. The highest BCUT2D eigenvalue weighted by molar-refractivity contribution is 7.22. The third kappa shape index (κ3) is 3.81. The second kappa shape index (κ2) is 7.66. The molecule has 27 heavy (non-hydrogen) atoms. The maximum Gasteiger partial charge on any atom is 0.267 e. The second-order valence-electron chi connectivity index (χ2n) is 6.84. The first-order valence-corrected chi connectivity index (χ1v) is 9.54. The van der Waals surface area contributed by atoms with Gasteiger partial charge in [-0.2, -0.15) is 0 Å². The van der Waals surface area contributed by atoms with Crippen LogP contribution in [-0.4, -0.2) is 59.9 Å². The molecule has 7 nitrogen and oxygen atoms in total. The number of rotatable bonds is 6. The van der Waals surface area contributed by atoms with Crippen molar-refractivity contribution in [2.75, 3.05) is 39.2 Å². The fourth-order valence-electron chi connectivity index (χ4n) is 2.82. The van der Waals surface area contributed by atoms with Crippen molar-refractivity contribution < 1.29 is 9.53 Å². The zero-order valence-electron chi connectivity index (χ0n) is 16.6. The van der Waals surface area contributed by atoms with Crippen molar-refractivity contribution in [3.63, 3.8) is 0 Å². The molecule has 144 valence electrons. The number of ether oxygens (including phenoxy) is 1. The summed E-state index contributed by atoms with van der Waals surface area (Å²) in [5.41, 5.74) is 3.73. The van der Waals surface area contributed by atoms with Gasteiger partial charge in [0.1, 0.15) is 5.56 Å². The Kier molecular flexibility index (Phi) is 5.48. The molecule has 0 fully saturated rings. The lowest BCUT2D eigenvalue weighted by Crippen LogP contribution is -2.36. The molecule has 2 aromatic heterocycles. The minimum absolute atomic E-state index is 0.157. The molecular formula is C19H25N5O2S. The molecule has 0 aliphatic rings. The van der Waals surface area contributed by atoms with Gasteiger partial charge < -0.3 is 9.64 Å². The number of aryl methyl sites for hydroxylation is 3. The van der Waals surface area contributed by atoms with Crippen molar-refractivity contribution in [1.29, 1.82) is 0 Å². The minimum Gasteiger partial charge on any atom is -0.479 e. The zero-order valence-corrected chi connectivity index (χ0v) is 17.4. The zero-order chi connectivity index (χ0) is 19.7. The first kappa shape index (κ1) is 19.3. The molecule has 0 spiro atoms. The highest BCUT2D eigenvalue weighted by Gasteiger charge is 2.26. The molecule has 0 bridgehead atoms. The van der Waals surface area contributed by atoms with Crippen LogP contribution >= 0.6 is 11.3 Å². The number of likely N-dealkylation sites (N-methyl/N-ethyl adjacent to an activating group) is 1. The highest BCUT2D eigenvalue weighted by atomic mass is 32.1. The average molecular weight is 388 g/mol. The van der Waals surface area contributed by atoms with Gasteiger partial charge in [0.25, 0.3) is 5.91 Å². The van der Waals surface area contributed by atoms with E-state index in [-0.39, 0.29) is 5.91 Å². The standard InChI is InChI=1S/C19H25N5O2S/c1-12-7-8-15-16(13(12)2)20-19(27-15)24(10-9-22(3)4)18(25)14-11-23(5)21-17(14)26-6/h7-8,11H,9-10H2,1-6H3. The molecule has 3 rings (SSSR count). The predicted molar refractivity (Wildman–Crippen MR) is 109 cm³/mol. The Morgan fingerprint density at radius 2 is 2.00 bits per heavy atom. The summed E-state index contributed by atoms with van der Waals surface area (Å²) in [5.74, 6) is 0.167. The SMILES string of the molecule is COc1nn(C)cc1C(=O)N(CCN(C)C)c1nc2c(C)c(C)ccc2s1. The molecule has 0 saturated carbocycles. The van der Waals surface area contributed by atoms with Gasteiger partial charge in [0.05, 0.1) is 17.3 Å². The lowest BCUT2D eigenvalue weighted by atomic mass is 10.1. The first-order valence-electron chi connectivity index (χ1n) is 8.72. The average Bonchev–Trinajstić information content (AvgIpc) is 3.21. The van der Waals surface area contributed by atoms with Crippen molar-refractivity contribution in [3.8, 4) is 5.88 Å². The van der Waals surface area contributed by atoms with Gasteiger partial charge in [0.2, 0.25) is 5.88 Å². The van der Waals surface area contributed by atoms with Crippen LogP contribution in [0.3, 0.4) is 0 Å². The van der Waals surface area contributed by atoms with Gasteiger partial charge in [-0.15, -0.1) is 5.10 Å². The number of anilines is 1. The molecule has 0 saturated heterocycles. The summed E-state index contributed by atoms with van der Waals surface area (Å²) in [6.07, 6.45) is 1.69. The molecular weight excluding hydrogens is 362 g/mol. The maximum absolute atomic E-state index is 13.3. The fraction of sp³-hybridized carbons (Fsp3) is 0.421. The Morgan fingerprint density at radius 1 is 1.26 bits per heavy atom. The molecule has 0 atom stereocenters. The summed E-state index contributed by atoms with van der Waals surface area (Å²) < 4.78 is 7.95. The lowest BCUT2D eigenvalue weighted by Gasteiger charge is -2.21. The van der Waals surface area contributed by atoms with Gasteiger partial charge >= 0.3 is 0 Å². The van der Waals surface area contributed by atoms with Gasteiger partial charge in [-0.25, -0.2) is 4.98 Å². The molecule has 0 unspecified atom stereocenters. The Balaban J connectivity index is 2.05. The third-order valence-corrected chi connectivity index (χ3v) is 5.58. The number of carbonyl (C=O) groups is 1.